The molecule has 2 aromatic heterocycles. The number of ketones is 1. The van der Waals surface area contributed by atoms with Gasteiger partial charge in [-0.2, -0.15) is 0 Å². The Hall–Kier alpha value is -6.65. The number of benzene rings is 3. The summed E-state index contributed by atoms with van der Waals surface area (Å²) in [6.07, 6.45) is 11.3. The van der Waals surface area contributed by atoms with E-state index >= 15 is 0 Å². The molecular formula is C51H54ClN9O7. The third-order valence-electron chi connectivity index (χ3n) is 14.4. The lowest BCUT2D eigenvalue weighted by Crippen LogP contribution is -2.54. The molecule has 0 bridgehead atoms. The molecular weight excluding hydrogens is 886 g/mol. The van der Waals surface area contributed by atoms with Gasteiger partial charge in [0.25, 0.3) is 11.8 Å². The standard InChI is InChI=1S/C51H54ClN9O7/c52-41-26-36(68-35-4-2-1-3-5-35)11-13-38(41)46(64)40-27-53-47-45(40)48(55-29-54-47)57-33-8-6-32(7-9-33)56-44(63)24-30-16-20-59(21-17-30)28-31-18-22-60(23-19-31)34-10-12-37-39(25-34)51(67)61(50(37)66)42-14-15-43(62)58-49(42)65/h1-5,10-13,25-27,29-33,42H,6-9,14-24,28H2,(H,56,63)(H,58,62,65)(H2,53,54,55,57). The van der Waals surface area contributed by atoms with Crippen molar-refractivity contribution in [3.63, 3.8) is 0 Å². The molecule has 16 nitrogen and oxygen atoms in total. The maximum atomic E-state index is 13.9. The number of halogens is 1. The number of piperidine rings is 3. The van der Waals surface area contributed by atoms with E-state index in [0.29, 0.717) is 68.9 Å². The highest BCUT2D eigenvalue weighted by molar-refractivity contribution is 6.36. The molecule has 17 heteroatoms. The average Bonchev–Trinajstić information content (AvgIpc) is 3.89. The van der Waals surface area contributed by atoms with Crippen LogP contribution in [0.5, 0.6) is 11.5 Å². The Morgan fingerprint density at radius 2 is 1.49 bits per heavy atom. The van der Waals surface area contributed by atoms with Crippen LogP contribution in [0.15, 0.2) is 79.3 Å². The number of nitrogens with one attached hydrogen (secondary N) is 4. The van der Waals surface area contributed by atoms with Crippen molar-refractivity contribution in [1.29, 1.82) is 0 Å². The van der Waals surface area contributed by atoms with Crippen molar-refractivity contribution >= 4 is 69.5 Å². The van der Waals surface area contributed by atoms with Crippen molar-refractivity contribution in [3.8, 4) is 11.5 Å². The van der Waals surface area contributed by atoms with Crippen LogP contribution in [0.25, 0.3) is 11.0 Å². The van der Waals surface area contributed by atoms with Gasteiger partial charge in [0.2, 0.25) is 17.7 Å². The van der Waals surface area contributed by atoms with E-state index in [4.69, 9.17) is 16.3 Å². The van der Waals surface area contributed by atoms with Crippen LogP contribution >= 0.6 is 11.6 Å². The van der Waals surface area contributed by atoms with E-state index < -0.39 is 29.7 Å². The van der Waals surface area contributed by atoms with Gasteiger partial charge in [0.1, 0.15) is 35.3 Å². The predicted octanol–water partition coefficient (Wildman–Crippen LogP) is 6.89. The number of imide groups is 2. The van der Waals surface area contributed by atoms with Gasteiger partial charge in [0, 0.05) is 68.1 Å². The number of rotatable bonds is 13. The first-order valence-corrected chi connectivity index (χ1v) is 24.2. The quantitative estimate of drug-likeness (QED) is 0.0705. The van der Waals surface area contributed by atoms with Crippen molar-refractivity contribution in [2.45, 2.75) is 88.8 Å². The van der Waals surface area contributed by atoms with Gasteiger partial charge in [-0.25, -0.2) is 9.97 Å². The molecule has 5 aliphatic rings. The number of aromatic amines is 1. The first kappa shape index (κ1) is 45.1. The molecule has 4 N–H and O–H groups in total. The van der Waals surface area contributed by atoms with Crippen molar-refractivity contribution in [1.82, 2.24) is 35.4 Å². The summed E-state index contributed by atoms with van der Waals surface area (Å²) in [6, 6.07) is 19.0. The van der Waals surface area contributed by atoms with Crippen LogP contribution in [0.1, 0.15) is 107 Å². The summed E-state index contributed by atoms with van der Waals surface area (Å²) < 4.78 is 5.90. The number of carbonyl (C=O) groups excluding carboxylic acids is 6. The Labute approximate surface area is 398 Å². The number of H-pyrrole nitrogens is 1. The van der Waals surface area contributed by atoms with Gasteiger partial charge in [-0.1, -0.05) is 29.8 Å². The second kappa shape index (κ2) is 19.5. The first-order valence-electron chi connectivity index (χ1n) is 23.8. The van der Waals surface area contributed by atoms with E-state index in [1.54, 1.807) is 36.5 Å². The second-order valence-corrected chi connectivity index (χ2v) is 19.3. The normalized spacial score (nSPS) is 21.8. The highest BCUT2D eigenvalue weighted by atomic mass is 35.5. The fraction of sp³-hybridized carbons (Fsp3) is 0.412. The number of carbonyl (C=O) groups is 6. The summed E-state index contributed by atoms with van der Waals surface area (Å²) in [4.78, 5) is 95.7. The Morgan fingerprint density at radius 1 is 0.750 bits per heavy atom. The lowest BCUT2D eigenvalue weighted by molar-refractivity contribution is -0.136. The molecule has 1 unspecified atom stereocenters. The highest BCUT2D eigenvalue weighted by Gasteiger charge is 2.45. The summed E-state index contributed by atoms with van der Waals surface area (Å²) in [5, 5.41) is 10.0. The number of fused-ring (bicyclic) bond motifs is 2. The molecule has 0 spiro atoms. The monoisotopic (exact) mass is 939 g/mol. The molecule has 3 aromatic carbocycles. The fourth-order valence-corrected chi connectivity index (χ4v) is 10.9. The van der Waals surface area contributed by atoms with Gasteiger partial charge in [0.05, 0.1) is 27.1 Å². The van der Waals surface area contributed by atoms with Gasteiger partial charge >= 0.3 is 0 Å². The molecule has 0 radical (unpaired) electrons. The summed E-state index contributed by atoms with van der Waals surface area (Å²) in [5.74, 6) is 0.580. The topological polar surface area (TPSA) is 199 Å². The maximum absolute atomic E-state index is 13.9. The zero-order valence-corrected chi connectivity index (χ0v) is 38.4. The number of hydrogen-bond acceptors (Lipinski definition) is 12. The van der Waals surface area contributed by atoms with Crippen LogP contribution in [0.4, 0.5) is 11.5 Å². The van der Waals surface area contributed by atoms with E-state index in [2.05, 4.69) is 40.7 Å². The summed E-state index contributed by atoms with van der Waals surface area (Å²) in [6.45, 7) is 4.67. The zero-order chi connectivity index (χ0) is 46.9. The van der Waals surface area contributed by atoms with E-state index in [1.165, 1.54) is 6.33 Å². The molecule has 5 amide bonds. The lowest BCUT2D eigenvalue weighted by Gasteiger charge is -2.38. The number of amides is 5. The first-order chi connectivity index (χ1) is 33.0. The Kier molecular flexibility index (Phi) is 13.0. The average molecular weight is 941 g/mol. The van der Waals surface area contributed by atoms with Gasteiger partial charge in [-0.3, -0.25) is 39.0 Å². The number of likely N-dealkylation sites (tertiary alicyclic amines) is 1. The predicted molar refractivity (Wildman–Crippen MR) is 255 cm³/mol. The van der Waals surface area contributed by atoms with E-state index in [9.17, 15) is 28.8 Å². The van der Waals surface area contributed by atoms with Crippen LogP contribution in [-0.2, 0) is 14.4 Å². The number of ether oxygens (including phenoxy) is 1. The molecule has 5 aromatic rings. The smallest absolute Gasteiger partial charge is 0.262 e. The molecule has 68 heavy (non-hydrogen) atoms. The summed E-state index contributed by atoms with van der Waals surface area (Å²) >= 11 is 6.64. The number of nitrogens with zero attached hydrogens (tertiary/aromatic N) is 5. The third-order valence-corrected chi connectivity index (χ3v) is 14.7. The van der Waals surface area contributed by atoms with Gasteiger partial charge in [-0.15, -0.1) is 0 Å². The minimum atomic E-state index is -0.978. The van der Waals surface area contributed by atoms with Crippen LogP contribution in [0, 0.1) is 11.8 Å². The number of anilines is 2. The zero-order valence-electron chi connectivity index (χ0n) is 37.7. The van der Waals surface area contributed by atoms with E-state index in [1.807, 2.05) is 36.4 Å². The van der Waals surface area contributed by atoms with Crippen LogP contribution in [0.3, 0.4) is 0 Å². The van der Waals surface area contributed by atoms with Gasteiger partial charge in [-0.05, 0) is 125 Å². The molecule has 10 rings (SSSR count). The molecule has 6 heterocycles. The van der Waals surface area contributed by atoms with Crippen molar-refractivity contribution in [3.05, 3.63) is 107 Å². The number of hydrogen-bond donors (Lipinski definition) is 4. The Morgan fingerprint density at radius 3 is 2.24 bits per heavy atom. The third kappa shape index (κ3) is 9.56. The molecule has 1 aliphatic carbocycles. The largest absolute Gasteiger partial charge is 0.457 e. The SMILES string of the molecule is O=C1CCC(N2C(=O)c3ccc(N4CCC(CN5CCC(CC(=O)NC6CCC(Nc7ncnc8[nH]cc(C(=O)c9ccc(Oc%10ccccc%10)cc9Cl)c78)CC6)CC5)CC4)cc3C2=O)C(=O)N1. The number of para-hydroxylation sites is 1. The van der Waals surface area contributed by atoms with E-state index in [-0.39, 0.29) is 41.6 Å². The fourth-order valence-electron chi connectivity index (χ4n) is 10.7. The van der Waals surface area contributed by atoms with Crippen LogP contribution in [-0.4, -0.2) is 111 Å². The van der Waals surface area contributed by atoms with Crippen LogP contribution < -0.4 is 25.6 Å². The highest BCUT2D eigenvalue weighted by Crippen LogP contribution is 2.35. The molecule has 1 atom stereocenters. The van der Waals surface area contributed by atoms with Crippen LogP contribution in [0.2, 0.25) is 5.02 Å². The van der Waals surface area contributed by atoms with Crippen molar-refractivity contribution < 1.29 is 33.5 Å². The maximum Gasteiger partial charge on any atom is 0.262 e. The Bertz CT molecular complexity index is 2760. The molecule has 1 saturated carbocycles. The molecule has 352 valence electrons. The summed E-state index contributed by atoms with van der Waals surface area (Å²) in [7, 11) is 0. The van der Waals surface area contributed by atoms with Crippen molar-refractivity contribution in [2.75, 3.05) is 42.9 Å². The van der Waals surface area contributed by atoms with Gasteiger partial charge in [0.15, 0.2) is 5.78 Å². The Balaban J connectivity index is 0.647. The lowest BCUT2D eigenvalue weighted by atomic mass is 9.89. The second-order valence-electron chi connectivity index (χ2n) is 18.9. The molecule has 4 aliphatic heterocycles. The van der Waals surface area contributed by atoms with E-state index in [0.717, 1.165) is 94.7 Å². The number of aromatic nitrogens is 3. The van der Waals surface area contributed by atoms with Crippen molar-refractivity contribution in [2.24, 2.45) is 11.8 Å². The minimum Gasteiger partial charge on any atom is -0.457 e. The summed E-state index contributed by atoms with van der Waals surface area (Å²) in [5.41, 5.74) is 2.81. The molecule has 4 fully saturated rings. The molecule has 3 saturated heterocycles. The van der Waals surface area contributed by atoms with Gasteiger partial charge < -0.3 is 30.2 Å². The minimum absolute atomic E-state index is 0.0876.